The van der Waals surface area contributed by atoms with Crippen molar-refractivity contribution >= 4 is 16.2 Å². The molecule has 0 unspecified atom stereocenters. The standard InChI is InChI=1S/C9H14N2O4S/c12-16(13)8-9(7-10-16)15-6-3-11-1-4-14-5-2-11/h7-8H,1-6H2. The summed E-state index contributed by atoms with van der Waals surface area (Å²) in [6.07, 6.45) is 1.23. The zero-order chi connectivity index (χ0) is 11.4. The van der Waals surface area contributed by atoms with Crippen molar-refractivity contribution < 1.29 is 17.9 Å². The van der Waals surface area contributed by atoms with Crippen LogP contribution in [-0.4, -0.2) is 59.0 Å². The van der Waals surface area contributed by atoms with Crippen LogP contribution < -0.4 is 0 Å². The Kier molecular flexibility index (Phi) is 3.57. The highest BCUT2D eigenvalue weighted by atomic mass is 32.2. The van der Waals surface area contributed by atoms with Gasteiger partial charge in [-0.15, -0.1) is 0 Å². The van der Waals surface area contributed by atoms with Gasteiger partial charge in [0.1, 0.15) is 6.61 Å². The summed E-state index contributed by atoms with van der Waals surface area (Å²) in [5.74, 6) is 0.313. The van der Waals surface area contributed by atoms with Gasteiger partial charge in [0.15, 0.2) is 5.76 Å². The molecule has 0 aliphatic carbocycles. The fourth-order valence-corrected chi connectivity index (χ4v) is 2.26. The van der Waals surface area contributed by atoms with E-state index in [-0.39, 0.29) is 0 Å². The Hall–Kier alpha value is -0.920. The molecule has 0 aromatic heterocycles. The molecular formula is C9H14N2O4S. The molecule has 0 aromatic rings. The first-order valence-electron chi connectivity index (χ1n) is 5.11. The van der Waals surface area contributed by atoms with E-state index in [0.717, 1.165) is 38.3 Å². The average molecular weight is 246 g/mol. The van der Waals surface area contributed by atoms with E-state index in [1.165, 1.54) is 6.21 Å². The Labute approximate surface area is 94.6 Å². The maximum absolute atomic E-state index is 10.9. The second-order valence-corrected chi connectivity index (χ2v) is 5.05. The lowest BCUT2D eigenvalue weighted by Crippen LogP contribution is -2.38. The Morgan fingerprint density at radius 1 is 1.44 bits per heavy atom. The molecule has 0 atom stereocenters. The fraction of sp³-hybridized carbons (Fsp3) is 0.667. The minimum atomic E-state index is -3.40. The number of allylic oxidation sites excluding steroid dienone is 1. The summed E-state index contributed by atoms with van der Waals surface area (Å²) in [4.78, 5) is 2.21. The molecule has 1 saturated heterocycles. The van der Waals surface area contributed by atoms with Crippen LogP contribution >= 0.6 is 0 Å². The second kappa shape index (κ2) is 4.94. The smallest absolute Gasteiger partial charge is 0.279 e. The van der Waals surface area contributed by atoms with Gasteiger partial charge >= 0.3 is 0 Å². The normalized spacial score (nSPS) is 24.4. The van der Waals surface area contributed by atoms with Gasteiger partial charge in [-0.3, -0.25) is 4.90 Å². The van der Waals surface area contributed by atoms with Crippen LogP contribution in [0, 0.1) is 0 Å². The molecule has 6 nitrogen and oxygen atoms in total. The van der Waals surface area contributed by atoms with Crippen LogP contribution in [0.5, 0.6) is 0 Å². The predicted octanol–water partition coefficient (Wildman–Crippen LogP) is -0.409. The van der Waals surface area contributed by atoms with Crippen LogP contribution in [0.2, 0.25) is 0 Å². The van der Waals surface area contributed by atoms with Gasteiger partial charge < -0.3 is 9.47 Å². The number of ether oxygens (including phenoxy) is 2. The van der Waals surface area contributed by atoms with Crippen LogP contribution in [0.3, 0.4) is 0 Å². The highest BCUT2D eigenvalue weighted by Gasteiger charge is 2.14. The Bertz CT molecular complexity index is 396. The van der Waals surface area contributed by atoms with E-state index in [9.17, 15) is 8.42 Å². The molecule has 0 bridgehead atoms. The number of hydrogen-bond donors (Lipinski definition) is 0. The minimum Gasteiger partial charge on any atom is -0.490 e. The molecular weight excluding hydrogens is 232 g/mol. The van der Waals surface area contributed by atoms with E-state index in [4.69, 9.17) is 9.47 Å². The third-order valence-electron chi connectivity index (χ3n) is 2.37. The summed E-state index contributed by atoms with van der Waals surface area (Å²) >= 11 is 0. The average Bonchev–Trinajstić information content (AvgIpc) is 2.60. The van der Waals surface area contributed by atoms with Crippen LogP contribution in [0.4, 0.5) is 0 Å². The second-order valence-electron chi connectivity index (χ2n) is 3.57. The van der Waals surface area contributed by atoms with Gasteiger partial charge in [0.2, 0.25) is 0 Å². The van der Waals surface area contributed by atoms with E-state index in [1.54, 1.807) is 0 Å². The third-order valence-corrected chi connectivity index (χ3v) is 3.30. The first-order chi connectivity index (χ1) is 7.66. The molecule has 0 radical (unpaired) electrons. The van der Waals surface area contributed by atoms with E-state index in [2.05, 4.69) is 9.30 Å². The summed E-state index contributed by atoms with van der Waals surface area (Å²) in [7, 11) is -3.40. The van der Waals surface area contributed by atoms with Gasteiger partial charge in [-0.1, -0.05) is 0 Å². The zero-order valence-corrected chi connectivity index (χ0v) is 9.65. The van der Waals surface area contributed by atoms with E-state index < -0.39 is 10.0 Å². The molecule has 2 rings (SSSR count). The molecule has 0 amide bonds. The van der Waals surface area contributed by atoms with Gasteiger partial charge in [-0.05, 0) is 0 Å². The van der Waals surface area contributed by atoms with E-state index >= 15 is 0 Å². The molecule has 90 valence electrons. The van der Waals surface area contributed by atoms with Crippen LogP contribution in [0.1, 0.15) is 0 Å². The van der Waals surface area contributed by atoms with Gasteiger partial charge in [0, 0.05) is 19.6 Å². The van der Waals surface area contributed by atoms with Crippen molar-refractivity contribution in [3.05, 3.63) is 11.2 Å². The van der Waals surface area contributed by atoms with Gasteiger partial charge in [0.05, 0.1) is 24.8 Å². The lowest BCUT2D eigenvalue weighted by molar-refractivity contribution is 0.0286. The number of nitrogens with zero attached hydrogens (tertiary/aromatic N) is 2. The SMILES string of the molecule is O=S1(=O)C=C(OCCN2CCOCC2)C=N1. The first-order valence-corrected chi connectivity index (χ1v) is 6.61. The Balaban J connectivity index is 1.71. The summed E-state index contributed by atoms with van der Waals surface area (Å²) < 4.78 is 35.7. The minimum absolute atomic E-state index is 0.313. The highest BCUT2D eigenvalue weighted by Crippen LogP contribution is 2.09. The van der Waals surface area contributed by atoms with Crippen molar-refractivity contribution in [3.8, 4) is 0 Å². The Morgan fingerprint density at radius 3 is 2.81 bits per heavy atom. The van der Waals surface area contributed by atoms with Gasteiger partial charge in [-0.2, -0.15) is 12.8 Å². The zero-order valence-electron chi connectivity index (χ0n) is 8.83. The Morgan fingerprint density at radius 2 is 2.19 bits per heavy atom. The molecule has 0 N–H and O–H groups in total. The van der Waals surface area contributed by atoms with Crippen molar-refractivity contribution in [2.45, 2.75) is 0 Å². The van der Waals surface area contributed by atoms with E-state index in [1.807, 2.05) is 0 Å². The summed E-state index contributed by atoms with van der Waals surface area (Å²) in [5, 5.41) is 1.03. The van der Waals surface area contributed by atoms with E-state index in [0.29, 0.717) is 12.4 Å². The quantitative estimate of drug-likeness (QED) is 0.674. The maximum atomic E-state index is 10.9. The van der Waals surface area contributed by atoms with Crippen molar-refractivity contribution in [2.75, 3.05) is 39.5 Å². The van der Waals surface area contributed by atoms with Crippen LogP contribution in [0.15, 0.2) is 15.6 Å². The molecule has 16 heavy (non-hydrogen) atoms. The van der Waals surface area contributed by atoms with Crippen LogP contribution in [0.25, 0.3) is 0 Å². The molecule has 0 saturated carbocycles. The lowest BCUT2D eigenvalue weighted by Gasteiger charge is -2.26. The highest BCUT2D eigenvalue weighted by molar-refractivity contribution is 7.93. The van der Waals surface area contributed by atoms with Crippen molar-refractivity contribution in [1.82, 2.24) is 4.90 Å². The molecule has 0 aromatic carbocycles. The molecule has 2 aliphatic rings. The summed E-state index contributed by atoms with van der Waals surface area (Å²) in [5.41, 5.74) is 0. The number of sulfonamides is 1. The monoisotopic (exact) mass is 246 g/mol. The third kappa shape index (κ3) is 3.29. The molecule has 2 heterocycles. The van der Waals surface area contributed by atoms with Crippen molar-refractivity contribution in [2.24, 2.45) is 4.40 Å². The molecule has 0 spiro atoms. The maximum Gasteiger partial charge on any atom is 0.279 e. The van der Waals surface area contributed by atoms with Crippen molar-refractivity contribution in [1.29, 1.82) is 0 Å². The largest absolute Gasteiger partial charge is 0.490 e. The summed E-state index contributed by atoms with van der Waals surface area (Å²) in [6, 6.07) is 0. The summed E-state index contributed by atoms with van der Waals surface area (Å²) in [6.45, 7) is 4.53. The first kappa shape index (κ1) is 11.6. The van der Waals surface area contributed by atoms with Crippen molar-refractivity contribution in [3.63, 3.8) is 0 Å². The fourth-order valence-electron chi connectivity index (χ4n) is 1.52. The van der Waals surface area contributed by atoms with Crippen LogP contribution in [-0.2, 0) is 19.5 Å². The molecule has 2 aliphatic heterocycles. The lowest BCUT2D eigenvalue weighted by atomic mass is 10.4. The molecule has 1 fully saturated rings. The van der Waals surface area contributed by atoms with Gasteiger partial charge in [-0.25, -0.2) is 0 Å². The predicted molar refractivity (Wildman–Crippen MR) is 58.7 cm³/mol. The van der Waals surface area contributed by atoms with Gasteiger partial charge in [0.25, 0.3) is 10.0 Å². The topological polar surface area (TPSA) is 68.2 Å². The number of morpholine rings is 1. The number of rotatable bonds is 4. The molecule has 7 heteroatoms. The number of hydrogen-bond acceptors (Lipinski definition) is 5.